The van der Waals surface area contributed by atoms with Crippen LogP contribution in [0.5, 0.6) is 0 Å². The molecule has 0 aliphatic rings. The highest BCUT2D eigenvalue weighted by atomic mass is 32.2. The monoisotopic (exact) mass is 149 g/mol. The summed E-state index contributed by atoms with van der Waals surface area (Å²) in [5, 5.41) is 0. The van der Waals surface area contributed by atoms with E-state index < -0.39 is 0 Å². The van der Waals surface area contributed by atoms with Gasteiger partial charge in [-0.05, 0) is 18.6 Å². The van der Waals surface area contributed by atoms with Crippen LogP contribution in [0.15, 0.2) is 0 Å². The summed E-state index contributed by atoms with van der Waals surface area (Å²) in [6, 6.07) is 0. The number of hydrazine groups is 1. The lowest BCUT2D eigenvalue weighted by molar-refractivity contribution is 0.672. The molecular formula is C5H15N3S. The van der Waals surface area contributed by atoms with Crippen molar-refractivity contribution >= 4 is 11.8 Å². The molecule has 0 aliphatic heterocycles. The van der Waals surface area contributed by atoms with Crippen LogP contribution in [0.25, 0.3) is 0 Å². The predicted molar refractivity (Wildman–Crippen MR) is 42.9 cm³/mol. The number of nitrogens with one attached hydrogen (secondary N) is 1. The smallest absolute Gasteiger partial charge is 0.0392 e. The Hall–Kier alpha value is 0.230. The van der Waals surface area contributed by atoms with E-state index in [1.54, 1.807) is 11.8 Å². The van der Waals surface area contributed by atoms with Crippen LogP contribution >= 0.6 is 11.8 Å². The molecule has 0 amide bonds. The van der Waals surface area contributed by atoms with Crippen molar-refractivity contribution in [3.63, 3.8) is 0 Å². The molecular weight excluding hydrogens is 134 g/mol. The number of thioether (sulfide) groups is 1. The van der Waals surface area contributed by atoms with E-state index in [1.165, 1.54) is 6.42 Å². The van der Waals surface area contributed by atoms with Crippen LogP contribution < -0.4 is 17.0 Å². The van der Waals surface area contributed by atoms with Gasteiger partial charge in [0.2, 0.25) is 0 Å². The fraction of sp³-hybridized carbons (Fsp3) is 1.00. The Balaban J connectivity index is 2.60. The van der Waals surface area contributed by atoms with Crippen LogP contribution in [0.2, 0.25) is 0 Å². The van der Waals surface area contributed by atoms with Crippen LogP contribution in [0.1, 0.15) is 12.8 Å². The minimum atomic E-state index is 0.732. The number of hydrogen-bond donors (Lipinski definition) is 3. The first-order chi connectivity index (χ1) is 4.41. The summed E-state index contributed by atoms with van der Waals surface area (Å²) >= 11 is 1.77. The Morgan fingerprint density at radius 3 is 2.67 bits per heavy atom. The molecule has 0 heterocycles. The molecule has 0 atom stereocenters. The Morgan fingerprint density at radius 1 is 1.33 bits per heavy atom. The molecule has 9 heavy (non-hydrogen) atoms. The molecule has 0 rings (SSSR count). The standard InChI is InChI=1S/C5H15N3S/c6-5-9-4-2-1-3-8-7/h8H,1-7H2. The van der Waals surface area contributed by atoms with E-state index in [9.17, 15) is 0 Å². The largest absolute Gasteiger partial charge is 0.322 e. The molecule has 0 saturated carbocycles. The van der Waals surface area contributed by atoms with Gasteiger partial charge in [-0.1, -0.05) is 0 Å². The van der Waals surface area contributed by atoms with Crippen LogP contribution in [0, 0.1) is 0 Å². The van der Waals surface area contributed by atoms with Crippen LogP contribution in [-0.2, 0) is 0 Å². The maximum Gasteiger partial charge on any atom is 0.0392 e. The van der Waals surface area contributed by atoms with Crippen molar-refractivity contribution in [1.29, 1.82) is 0 Å². The normalized spacial score (nSPS) is 10.0. The maximum atomic E-state index is 5.27. The number of nitrogens with two attached hydrogens (primary N) is 2. The lowest BCUT2D eigenvalue weighted by atomic mass is 10.3. The van der Waals surface area contributed by atoms with Crippen molar-refractivity contribution < 1.29 is 0 Å². The van der Waals surface area contributed by atoms with E-state index in [2.05, 4.69) is 5.43 Å². The van der Waals surface area contributed by atoms with Gasteiger partial charge >= 0.3 is 0 Å². The first-order valence-electron chi connectivity index (χ1n) is 3.13. The van der Waals surface area contributed by atoms with Crippen LogP contribution in [0.4, 0.5) is 0 Å². The van der Waals surface area contributed by atoms with Crippen molar-refractivity contribution in [2.75, 3.05) is 18.2 Å². The zero-order chi connectivity index (χ0) is 6.95. The molecule has 0 spiro atoms. The summed E-state index contributed by atoms with van der Waals surface area (Å²) in [6.07, 6.45) is 2.34. The topological polar surface area (TPSA) is 64.1 Å². The molecule has 4 heteroatoms. The highest BCUT2D eigenvalue weighted by Crippen LogP contribution is 1.99. The summed E-state index contributed by atoms with van der Waals surface area (Å²) in [4.78, 5) is 0. The first-order valence-corrected chi connectivity index (χ1v) is 4.28. The summed E-state index contributed by atoms with van der Waals surface area (Å²) in [5.74, 6) is 6.94. The van der Waals surface area contributed by atoms with Crippen LogP contribution in [-0.4, -0.2) is 18.2 Å². The Labute approximate surface area is 60.5 Å². The van der Waals surface area contributed by atoms with E-state index >= 15 is 0 Å². The Bertz CT molecular complexity index is 45.5. The summed E-state index contributed by atoms with van der Waals surface area (Å²) in [7, 11) is 0. The summed E-state index contributed by atoms with van der Waals surface area (Å²) in [5.41, 5.74) is 7.87. The lowest BCUT2D eigenvalue weighted by Crippen LogP contribution is -2.22. The second-order valence-electron chi connectivity index (χ2n) is 1.74. The fourth-order valence-electron chi connectivity index (χ4n) is 0.515. The van der Waals surface area contributed by atoms with Gasteiger partial charge in [0.1, 0.15) is 0 Å². The molecule has 0 radical (unpaired) electrons. The van der Waals surface area contributed by atoms with Gasteiger partial charge in [0.05, 0.1) is 0 Å². The highest BCUT2D eigenvalue weighted by Gasteiger charge is 1.85. The summed E-state index contributed by atoms with van der Waals surface area (Å²) < 4.78 is 0. The molecule has 56 valence electrons. The third-order valence-corrected chi connectivity index (χ3v) is 1.79. The number of unbranched alkanes of at least 4 members (excludes halogenated alkanes) is 1. The molecule has 0 fully saturated rings. The molecule has 0 bridgehead atoms. The molecule has 0 unspecified atom stereocenters. The van der Waals surface area contributed by atoms with E-state index in [0.29, 0.717) is 0 Å². The second kappa shape index (κ2) is 8.23. The minimum absolute atomic E-state index is 0.732. The SMILES string of the molecule is NCSCCCCNN. The third kappa shape index (κ3) is 8.23. The quantitative estimate of drug-likeness (QED) is 0.213. The van der Waals surface area contributed by atoms with E-state index in [1.807, 2.05) is 0 Å². The Kier molecular flexibility index (Phi) is 8.44. The van der Waals surface area contributed by atoms with Gasteiger partial charge in [0.15, 0.2) is 0 Å². The van der Waals surface area contributed by atoms with Gasteiger partial charge in [-0.25, -0.2) is 0 Å². The predicted octanol–water partition coefficient (Wildman–Crippen LogP) is -0.121. The number of rotatable bonds is 6. The Morgan fingerprint density at radius 2 is 2.11 bits per heavy atom. The van der Waals surface area contributed by atoms with Gasteiger partial charge in [-0.3, -0.25) is 11.3 Å². The van der Waals surface area contributed by atoms with Gasteiger partial charge in [-0.15, -0.1) is 11.8 Å². The maximum absolute atomic E-state index is 5.27. The third-order valence-electron chi connectivity index (χ3n) is 0.978. The van der Waals surface area contributed by atoms with Crippen molar-refractivity contribution in [1.82, 2.24) is 5.43 Å². The van der Waals surface area contributed by atoms with Crippen molar-refractivity contribution in [3.8, 4) is 0 Å². The molecule has 0 aromatic heterocycles. The zero-order valence-corrected chi connectivity index (χ0v) is 6.41. The average Bonchev–Trinajstić information content (AvgIpc) is 1.89. The van der Waals surface area contributed by atoms with Gasteiger partial charge in [0, 0.05) is 12.4 Å². The van der Waals surface area contributed by atoms with Crippen LogP contribution in [0.3, 0.4) is 0 Å². The highest BCUT2D eigenvalue weighted by molar-refractivity contribution is 7.99. The molecule has 0 aromatic carbocycles. The van der Waals surface area contributed by atoms with Gasteiger partial charge in [-0.2, -0.15) is 0 Å². The van der Waals surface area contributed by atoms with E-state index in [-0.39, 0.29) is 0 Å². The lowest BCUT2D eigenvalue weighted by Gasteiger charge is -1.97. The molecule has 5 N–H and O–H groups in total. The van der Waals surface area contributed by atoms with E-state index in [0.717, 1.165) is 24.6 Å². The van der Waals surface area contributed by atoms with Gasteiger partial charge in [0.25, 0.3) is 0 Å². The molecule has 0 aromatic rings. The van der Waals surface area contributed by atoms with Crippen molar-refractivity contribution in [2.24, 2.45) is 11.6 Å². The van der Waals surface area contributed by atoms with Crippen molar-refractivity contribution in [3.05, 3.63) is 0 Å². The van der Waals surface area contributed by atoms with Crippen molar-refractivity contribution in [2.45, 2.75) is 12.8 Å². The summed E-state index contributed by atoms with van der Waals surface area (Å²) in [6.45, 7) is 0.908. The molecule has 0 saturated heterocycles. The first kappa shape index (κ1) is 9.23. The van der Waals surface area contributed by atoms with E-state index in [4.69, 9.17) is 11.6 Å². The minimum Gasteiger partial charge on any atom is -0.322 e. The van der Waals surface area contributed by atoms with Gasteiger partial charge < -0.3 is 5.73 Å². The molecule has 3 nitrogen and oxygen atoms in total. The average molecular weight is 149 g/mol. The molecule has 0 aliphatic carbocycles. The number of hydrogen-bond acceptors (Lipinski definition) is 4. The second-order valence-corrected chi connectivity index (χ2v) is 2.89. The zero-order valence-electron chi connectivity index (χ0n) is 5.60. The fourth-order valence-corrected chi connectivity index (χ4v) is 1.09.